The van der Waals surface area contributed by atoms with Crippen LogP contribution in [-0.2, 0) is 10.8 Å². The summed E-state index contributed by atoms with van der Waals surface area (Å²) in [5, 5.41) is 8.70. The Labute approximate surface area is 160 Å². The minimum absolute atomic E-state index is 0.154. The van der Waals surface area contributed by atoms with Crippen molar-refractivity contribution in [2.75, 3.05) is 0 Å². The molecule has 0 fully saturated rings. The molecule has 1 heterocycles. The van der Waals surface area contributed by atoms with Crippen LogP contribution in [-0.4, -0.2) is 11.3 Å². The van der Waals surface area contributed by atoms with Crippen molar-refractivity contribution in [3.8, 4) is 5.75 Å². The Bertz CT molecular complexity index is 912. The monoisotopic (exact) mass is 368 g/mol. The first-order chi connectivity index (χ1) is 12.5. The number of carbonyl (C=O) groups is 1. The number of allylic oxidation sites excluding steroid dienone is 1. The number of benzene rings is 1. The zero-order valence-electron chi connectivity index (χ0n) is 17.0. The fourth-order valence-electron chi connectivity index (χ4n) is 4.00. The number of furan rings is 1. The molecule has 4 heteroatoms. The highest BCUT2D eigenvalue weighted by atomic mass is 16.7. The van der Waals surface area contributed by atoms with Crippen molar-refractivity contribution in [1.29, 1.82) is 0 Å². The van der Waals surface area contributed by atoms with E-state index < -0.39 is 6.16 Å². The first-order valence-corrected chi connectivity index (χ1v) is 9.33. The number of hydrogen-bond donors (Lipinski definition) is 1. The van der Waals surface area contributed by atoms with E-state index in [-0.39, 0.29) is 16.6 Å². The van der Waals surface area contributed by atoms with Gasteiger partial charge in [0, 0.05) is 6.07 Å². The summed E-state index contributed by atoms with van der Waals surface area (Å²) in [6, 6.07) is 6.25. The van der Waals surface area contributed by atoms with Gasteiger partial charge in [-0.3, -0.25) is 0 Å². The minimum Gasteiger partial charge on any atom is -0.461 e. The zero-order chi connectivity index (χ0) is 20.0. The highest BCUT2D eigenvalue weighted by molar-refractivity contribution is 5.81. The van der Waals surface area contributed by atoms with E-state index >= 15 is 0 Å². The van der Waals surface area contributed by atoms with Gasteiger partial charge in [0.15, 0.2) is 5.75 Å². The lowest BCUT2D eigenvalue weighted by Gasteiger charge is -2.42. The van der Waals surface area contributed by atoms with E-state index in [1.165, 1.54) is 41.4 Å². The van der Waals surface area contributed by atoms with E-state index in [2.05, 4.69) is 58.4 Å². The van der Waals surface area contributed by atoms with Gasteiger partial charge in [-0.05, 0) is 71.4 Å². The van der Waals surface area contributed by atoms with Crippen LogP contribution in [0.4, 0.5) is 4.79 Å². The molecular weight excluding hydrogens is 340 g/mol. The maximum atomic E-state index is 10.6. The number of hydrogen-bond acceptors (Lipinski definition) is 3. The lowest BCUT2D eigenvalue weighted by Crippen LogP contribution is -2.34. The van der Waals surface area contributed by atoms with E-state index in [4.69, 9.17) is 9.52 Å². The molecule has 1 aromatic heterocycles. The van der Waals surface area contributed by atoms with Crippen molar-refractivity contribution in [2.45, 2.75) is 65.2 Å². The second-order valence-corrected chi connectivity index (χ2v) is 8.86. The molecule has 3 rings (SSSR count). The Balaban J connectivity index is 2.02. The highest BCUT2D eigenvalue weighted by Crippen LogP contribution is 2.47. The first-order valence-electron chi connectivity index (χ1n) is 9.33. The second kappa shape index (κ2) is 6.59. The number of aryl methyl sites for hydroxylation is 1. The largest absolute Gasteiger partial charge is 0.511 e. The van der Waals surface area contributed by atoms with Crippen molar-refractivity contribution < 1.29 is 19.1 Å². The van der Waals surface area contributed by atoms with Crippen LogP contribution in [0, 0.1) is 6.92 Å². The van der Waals surface area contributed by atoms with Gasteiger partial charge in [0.25, 0.3) is 0 Å². The van der Waals surface area contributed by atoms with Crippen LogP contribution >= 0.6 is 0 Å². The normalized spacial score (nSPS) is 18.1. The highest BCUT2D eigenvalue weighted by Gasteiger charge is 2.37. The Hall–Kier alpha value is -2.49. The fourth-order valence-corrected chi connectivity index (χ4v) is 4.00. The Morgan fingerprint density at radius 2 is 1.70 bits per heavy atom. The predicted molar refractivity (Wildman–Crippen MR) is 107 cm³/mol. The summed E-state index contributed by atoms with van der Waals surface area (Å²) in [6.45, 7) is 13.5. The lowest BCUT2D eigenvalue weighted by atomic mass is 9.62. The molecule has 0 bridgehead atoms. The van der Waals surface area contributed by atoms with Gasteiger partial charge in [0.1, 0.15) is 12.0 Å². The second-order valence-electron chi connectivity index (χ2n) is 8.86. The summed E-state index contributed by atoms with van der Waals surface area (Å²) in [5.41, 5.74) is 6.71. The molecule has 1 aliphatic rings. The van der Waals surface area contributed by atoms with Gasteiger partial charge in [-0.25, -0.2) is 4.79 Å². The minimum atomic E-state index is -1.35. The van der Waals surface area contributed by atoms with Crippen molar-refractivity contribution in [3.63, 3.8) is 0 Å². The van der Waals surface area contributed by atoms with Gasteiger partial charge in [-0.1, -0.05) is 39.8 Å². The number of carboxylic acid groups (broad SMARTS) is 1. The Morgan fingerprint density at radius 3 is 2.30 bits per heavy atom. The average molecular weight is 368 g/mol. The summed E-state index contributed by atoms with van der Waals surface area (Å²) < 4.78 is 10.0. The summed E-state index contributed by atoms with van der Waals surface area (Å²) in [7, 11) is 0. The molecule has 27 heavy (non-hydrogen) atoms. The smallest absolute Gasteiger partial charge is 0.461 e. The topological polar surface area (TPSA) is 59.7 Å². The Morgan fingerprint density at radius 1 is 1.11 bits per heavy atom. The summed E-state index contributed by atoms with van der Waals surface area (Å²) in [5.74, 6) is 0.757. The number of rotatable bonds is 3. The molecule has 2 aromatic rings. The zero-order valence-corrected chi connectivity index (χ0v) is 17.0. The van der Waals surface area contributed by atoms with Crippen molar-refractivity contribution >= 4 is 17.8 Å². The lowest BCUT2D eigenvalue weighted by molar-refractivity contribution is 0.144. The maximum absolute atomic E-state index is 10.6. The van der Waals surface area contributed by atoms with Gasteiger partial charge in [-0.2, -0.15) is 0 Å². The van der Waals surface area contributed by atoms with Gasteiger partial charge in [-0.15, -0.1) is 0 Å². The van der Waals surface area contributed by atoms with Gasteiger partial charge >= 0.3 is 6.16 Å². The molecule has 4 nitrogen and oxygen atoms in total. The Kier molecular flexibility index (Phi) is 4.71. The van der Waals surface area contributed by atoms with E-state index in [0.717, 1.165) is 5.57 Å². The summed E-state index contributed by atoms with van der Waals surface area (Å²) in [6.07, 6.45) is 4.24. The van der Waals surface area contributed by atoms with Crippen molar-refractivity contribution in [1.82, 2.24) is 0 Å². The average Bonchev–Trinajstić information content (AvgIpc) is 2.97. The maximum Gasteiger partial charge on any atom is 0.511 e. The van der Waals surface area contributed by atoms with Crippen LogP contribution in [0.1, 0.15) is 75.5 Å². The van der Waals surface area contributed by atoms with Crippen LogP contribution in [0.15, 0.2) is 28.9 Å². The molecular formula is C23H28O4. The van der Waals surface area contributed by atoms with E-state index in [1.54, 1.807) is 6.07 Å². The summed E-state index contributed by atoms with van der Waals surface area (Å²) >= 11 is 0. The van der Waals surface area contributed by atoms with Gasteiger partial charge in [0.05, 0.1) is 0 Å². The molecule has 144 valence electrons. The van der Waals surface area contributed by atoms with Crippen molar-refractivity contribution in [2.24, 2.45) is 0 Å². The molecule has 0 radical (unpaired) electrons. The molecule has 0 atom stereocenters. The predicted octanol–water partition coefficient (Wildman–Crippen LogP) is 6.55. The van der Waals surface area contributed by atoms with Crippen LogP contribution < -0.4 is 4.74 Å². The molecule has 0 saturated heterocycles. The van der Waals surface area contributed by atoms with Crippen molar-refractivity contribution in [3.05, 3.63) is 52.5 Å². The number of fused-ring (bicyclic) bond motifs is 1. The molecule has 0 unspecified atom stereocenters. The molecule has 0 amide bonds. The summed E-state index contributed by atoms with van der Waals surface area (Å²) in [4.78, 5) is 10.6. The van der Waals surface area contributed by atoms with Gasteiger partial charge < -0.3 is 14.3 Å². The quantitative estimate of drug-likeness (QED) is 0.624. The third-order valence-electron chi connectivity index (χ3n) is 5.78. The van der Waals surface area contributed by atoms with Crippen LogP contribution in [0.2, 0.25) is 0 Å². The molecule has 1 N–H and O–H groups in total. The van der Waals surface area contributed by atoms with E-state index in [0.29, 0.717) is 5.76 Å². The molecule has 0 spiro atoms. The number of ether oxygens (including phenoxy) is 1. The van der Waals surface area contributed by atoms with Crippen LogP contribution in [0.3, 0.4) is 0 Å². The van der Waals surface area contributed by atoms with Crippen LogP contribution in [0.25, 0.3) is 11.6 Å². The molecule has 1 aliphatic carbocycles. The SMILES string of the molecule is C/C(=C\c1cc(OC(=O)O)co1)c1cc2c(cc1C)C(C)(C)CCC2(C)C. The third kappa shape index (κ3) is 3.80. The van der Waals surface area contributed by atoms with Crippen LogP contribution in [0.5, 0.6) is 5.75 Å². The van der Waals surface area contributed by atoms with E-state index in [9.17, 15) is 4.79 Å². The molecule has 1 aromatic carbocycles. The molecule has 0 aliphatic heterocycles. The third-order valence-corrected chi connectivity index (χ3v) is 5.78. The van der Waals surface area contributed by atoms with E-state index in [1.807, 2.05) is 6.08 Å². The first kappa shape index (κ1) is 19.3. The molecule has 0 saturated carbocycles. The van der Waals surface area contributed by atoms with Gasteiger partial charge in [0.2, 0.25) is 0 Å². The fraction of sp³-hybridized carbons (Fsp3) is 0.435. The standard InChI is InChI=1S/C23H28O4/c1-14(9-16-11-17(13-26-16)27-21(24)25)18-12-20-19(10-15(18)2)22(3,4)7-8-23(20,5)6/h9-13H,7-8H2,1-6H3,(H,24,25)/b14-9+.